The standard InChI is InChI=1S/C22H37N3O3S/c1-4-13-24(14-5-6-15-25-16-7-12-23-18-22(25)26)19(2)17-20-8-10-21(11-9-20)29(3,27)28/h8-11,19,23H,4-7,12-18H2,1-3H3. The van der Waals surface area contributed by atoms with Crippen molar-refractivity contribution in [2.24, 2.45) is 0 Å². The van der Waals surface area contributed by atoms with Crippen LogP contribution in [0.15, 0.2) is 29.2 Å². The molecule has 29 heavy (non-hydrogen) atoms. The van der Waals surface area contributed by atoms with Crippen molar-refractivity contribution in [3.63, 3.8) is 0 Å². The molecule has 0 spiro atoms. The molecule has 1 aliphatic rings. The topological polar surface area (TPSA) is 69.7 Å². The third-order valence-corrected chi connectivity index (χ3v) is 6.68. The fourth-order valence-corrected chi connectivity index (χ4v) is 4.49. The molecule has 2 rings (SSSR count). The fraction of sp³-hybridized carbons (Fsp3) is 0.682. The zero-order valence-electron chi connectivity index (χ0n) is 18.2. The first-order valence-electron chi connectivity index (χ1n) is 10.8. The number of benzene rings is 1. The third kappa shape index (κ3) is 8.07. The number of rotatable bonds is 11. The molecule has 1 unspecified atom stereocenters. The summed E-state index contributed by atoms with van der Waals surface area (Å²) < 4.78 is 23.2. The minimum Gasteiger partial charge on any atom is -0.342 e. The van der Waals surface area contributed by atoms with Crippen LogP contribution in [-0.4, -0.2) is 75.7 Å². The van der Waals surface area contributed by atoms with Crippen molar-refractivity contribution in [2.45, 2.75) is 56.9 Å². The predicted molar refractivity (Wildman–Crippen MR) is 118 cm³/mol. The average molecular weight is 424 g/mol. The van der Waals surface area contributed by atoms with E-state index in [0.29, 0.717) is 17.5 Å². The minimum absolute atomic E-state index is 0.221. The molecule has 1 saturated heterocycles. The molecule has 1 N–H and O–H groups in total. The van der Waals surface area contributed by atoms with Gasteiger partial charge in [-0.25, -0.2) is 8.42 Å². The fourth-order valence-electron chi connectivity index (χ4n) is 3.86. The quantitative estimate of drug-likeness (QED) is 0.553. The van der Waals surface area contributed by atoms with Gasteiger partial charge in [-0.05, 0) is 76.4 Å². The smallest absolute Gasteiger partial charge is 0.236 e. The molecule has 1 aromatic rings. The Morgan fingerprint density at radius 1 is 1.17 bits per heavy atom. The zero-order valence-corrected chi connectivity index (χ0v) is 19.0. The van der Waals surface area contributed by atoms with Gasteiger partial charge in [0.15, 0.2) is 9.84 Å². The second-order valence-corrected chi connectivity index (χ2v) is 10.1. The van der Waals surface area contributed by atoms with Gasteiger partial charge in [0.05, 0.1) is 11.4 Å². The molecule has 1 atom stereocenters. The van der Waals surface area contributed by atoms with Crippen LogP contribution in [0.5, 0.6) is 0 Å². The number of unbranched alkanes of at least 4 members (excludes halogenated alkanes) is 1. The Balaban J connectivity index is 1.82. The summed E-state index contributed by atoms with van der Waals surface area (Å²) in [5.74, 6) is 0.221. The Hall–Kier alpha value is -1.44. The van der Waals surface area contributed by atoms with Crippen LogP contribution in [0, 0.1) is 0 Å². The van der Waals surface area contributed by atoms with Gasteiger partial charge in [0.2, 0.25) is 5.91 Å². The van der Waals surface area contributed by atoms with E-state index in [4.69, 9.17) is 0 Å². The molecule has 7 heteroatoms. The van der Waals surface area contributed by atoms with Crippen LogP contribution < -0.4 is 5.32 Å². The van der Waals surface area contributed by atoms with Crippen LogP contribution in [0.3, 0.4) is 0 Å². The summed E-state index contributed by atoms with van der Waals surface area (Å²) in [6.45, 7) is 9.62. The van der Waals surface area contributed by atoms with Crippen LogP contribution in [0.2, 0.25) is 0 Å². The second-order valence-electron chi connectivity index (χ2n) is 8.12. The summed E-state index contributed by atoms with van der Waals surface area (Å²) in [6.07, 6.45) is 6.39. The first-order valence-corrected chi connectivity index (χ1v) is 12.7. The number of nitrogens with one attached hydrogen (secondary N) is 1. The predicted octanol–water partition coefficient (Wildman–Crippen LogP) is 2.34. The van der Waals surface area contributed by atoms with Gasteiger partial charge in [0.1, 0.15) is 0 Å². The van der Waals surface area contributed by atoms with Gasteiger partial charge in [0, 0.05) is 25.4 Å². The van der Waals surface area contributed by atoms with Gasteiger partial charge in [0.25, 0.3) is 0 Å². The SMILES string of the molecule is CCCN(CCCCN1CCCNCC1=O)C(C)Cc1ccc(S(C)(=O)=O)cc1. The molecule has 164 valence electrons. The minimum atomic E-state index is -3.15. The number of carbonyl (C=O) groups is 1. The van der Waals surface area contributed by atoms with E-state index in [9.17, 15) is 13.2 Å². The number of hydrogen-bond acceptors (Lipinski definition) is 5. The van der Waals surface area contributed by atoms with Crippen molar-refractivity contribution in [2.75, 3.05) is 45.5 Å². The molecular formula is C22H37N3O3S. The highest BCUT2D eigenvalue weighted by molar-refractivity contribution is 7.90. The van der Waals surface area contributed by atoms with E-state index in [1.165, 1.54) is 6.26 Å². The van der Waals surface area contributed by atoms with E-state index in [0.717, 1.165) is 70.4 Å². The van der Waals surface area contributed by atoms with Crippen LogP contribution in [0.4, 0.5) is 0 Å². The van der Waals surface area contributed by atoms with Crippen LogP contribution in [0.1, 0.15) is 45.1 Å². The van der Waals surface area contributed by atoms with Crippen molar-refractivity contribution < 1.29 is 13.2 Å². The lowest BCUT2D eigenvalue weighted by Crippen LogP contribution is -2.37. The average Bonchev–Trinajstić information content (AvgIpc) is 2.88. The van der Waals surface area contributed by atoms with Crippen molar-refractivity contribution in [1.82, 2.24) is 15.1 Å². The second kappa shape index (κ2) is 11.7. The molecule has 0 saturated carbocycles. The Morgan fingerprint density at radius 2 is 1.90 bits per heavy atom. The normalized spacial score (nSPS) is 16.8. The molecule has 1 aliphatic heterocycles. The Labute approximate surface area is 176 Å². The third-order valence-electron chi connectivity index (χ3n) is 5.55. The molecule has 0 radical (unpaired) electrons. The van der Waals surface area contributed by atoms with Crippen molar-refractivity contribution >= 4 is 15.7 Å². The van der Waals surface area contributed by atoms with Gasteiger partial charge in [-0.2, -0.15) is 0 Å². The lowest BCUT2D eigenvalue weighted by Gasteiger charge is -2.29. The summed E-state index contributed by atoms with van der Waals surface area (Å²) in [6, 6.07) is 7.65. The molecule has 0 aliphatic carbocycles. The first-order chi connectivity index (χ1) is 13.8. The molecule has 1 amide bonds. The van der Waals surface area contributed by atoms with Crippen LogP contribution in [-0.2, 0) is 21.1 Å². The van der Waals surface area contributed by atoms with E-state index >= 15 is 0 Å². The first kappa shape index (κ1) is 23.8. The van der Waals surface area contributed by atoms with E-state index in [1.54, 1.807) is 12.1 Å². The number of amides is 1. The highest BCUT2D eigenvalue weighted by Gasteiger charge is 2.17. The van der Waals surface area contributed by atoms with E-state index in [2.05, 4.69) is 24.1 Å². The van der Waals surface area contributed by atoms with E-state index < -0.39 is 9.84 Å². The van der Waals surface area contributed by atoms with Crippen molar-refractivity contribution in [3.8, 4) is 0 Å². The summed E-state index contributed by atoms with van der Waals surface area (Å²) >= 11 is 0. The molecule has 1 heterocycles. The number of carbonyl (C=O) groups excluding carboxylic acids is 1. The molecule has 0 aromatic heterocycles. The maximum Gasteiger partial charge on any atom is 0.236 e. The van der Waals surface area contributed by atoms with Gasteiger partial charge >= 0.3 is 0 Å². The lowest BCUT2D eigenvalue weighted by atomic mass is 10.1. The Kier molecular flexibility index (Phi) is 9.59. The van der Waals surface area contributed by atoms with Crippen molar-refractivity contribution in [1.29, 1.82) is 0 Å². The Bertz CT molecular complexity index is 734. The highest BCUT2D eigenvalue weighted by Crippen LogP contribution is 2.15. The zero-order chi connectivity index (χ0) is 21.3. The van der Waals surface area contributed by atoms with Gasteiger partial charge in [-0.1, -0.05) is 19.1 Å². The molecule has 0 bridgehead atoms. The van der Waals surface area contributed by atoms with E-state index in [1.807, 2.05) is 17.0 Å². The molecule has 1 aromatic carbocycles. The van der Waals surface area contributed by atoms with Gasteiger partial charge < -0.3 is 15.1 Å². The monoisotopic (exact) mass is 423 g/mol. The maximum absolute atomic E-state index is 12.1. The maximum atomic E-state index is 12.1. The summed E-state index contributed by atoms with van der Waals surface area (Å²) in [5.41, 5.74) is 1.16. The van der Waals surface area contributed by atoms with Crippen LogP contribution >= 0.6 is 0 Å². The number of nitrogens with zero attached hydrogens (tertiary/aromatic N) is 2. The highest BCUT2D eigenvalue weighted by atomic mass is 32.2. The van der Waals surface area contributed by atoms with Gasteiger partial charge in [-0.3, -0.25) is 4.79 Å². The largest absolute Gasteiger partial charge is 0.342 e. The number of sulfone groups is 1. The molecule has 6 nitrogen and oxygen atoms in total. The summed E-state index contributed by atoms with van der Waals surface area (Å²) in [5, 5.41) is 3.17. The van der Waals surface area contributed by atoms with Crippen molar-refractivity contribution in [3.05, 3.63) is 29.8 Å². The molecular weight excluding hydrogens is 386 g/mol. The van der Waals surface area contributed by atoms with Crippen LogP contribution in [0.25, 0.3) is 0 Å². The lowest BCUT2D eigenvalue weighted by molar-refractivity contribution is -0.129. The van der Waals surface area contributed by atoms with E-state index in [-0.39, 0.29) is 5.91 Å². The van der Waals surface area contributed by atoms with Gasteiger partial charge in [-0.15, -0.1) is 0 Å². The summed E-state index contributed by atoms with van der Waals surface area (Å²) in [7, 11) is -3.15. The summed E-state index contributed by atoms with van der Waals surface area (Å²) in [4.78, 5) is 16.9. The molecule has 1 fully saturated rings. The number of hydrogen-bond donors (Lipinski definition) is 1. The Morgan fingerprint density at radius 3 is 2.55 bits per heavy atom.